The first kappa shape index (κ1) is 21.7. The second-order valence-electron chi connectivity index (χ2n) is 7.09. The highest BCUT2D eigenvalue weighted by Crippen LogP contribution is 2.49. The van der Waals surface area contributed by atoms with Crippen LogP contribution in [0.1, 0.15) is 47.0 Å². The lowest BCUT2D eigenvalue weighted by Crippen LogP contribution is -2.45. The van der Waals surface area contributed by atoms with Gasteiger partial charge < -0.3 is 20.1 Å². The van der Waals surface area contributed by atoms with Crippen molar-refractivity contribution in [3.05, 3.63) is 11.6 Å². The number of carbonyl (C=O) groups excluding carboxylic acids is 1. The fourth-order valence-corrected chi connectivity index (χ4v) is 3.33. The molecule has 0 spiro atoms. The third kappa shape index (κ3) is 4.62. The maximum Gasteiger partial charge on any atom is 0.311 e. The quantitative estimate of drug-likeness (QED) is 0.436. The monoisotopic (exact) mass is 370 g/mol. The van der Waals surface area contributed by atoms with E-state index in [2.05, 4.69) is 0 Å². The van der Waals surface area contributed by atoms with Gasteiger partial charge in [-0.05, 0) is 26.7 Å². The second kappa shape index (κ2) is 8.33. The molecule has 26 heavy (non-hydrogen) atoms. The molecule has 0 bridgehead atoms. The Balaban J connectivity index is 3.35. The van der Waals surface area contributed by atoms with Crippen LogP contribution in [0.3, 0.4) is 0 Å². The van der Waals surface area contributed by atoms with Crippen LogP contribution in [0.2, 0.25) is 0 Å². The van der Waals surface area contributed by atoms with E-state index in [-0.39, 0.29) is 6.42 Å². The molecule has 0 amide bonds. The Morgan fingerprint density at radius 1 is 1.23 bits per heavy atom. The van der Waals surface area contributed by atoms with Gasteiger partial charge in [-0.3, -0.25) is 19.2 Å². The number of carboxylic acid groups (broad SMARTS) is 3. The van der Waals surface area contributed by atoms with Crippen molar-refractivity contribution in [2.45, 2.75) is 53.1 Å². The Hall–Kier alpha value is -2.38. The third-order valence-electron chi connectivity index (χ3n) is 5.33. The fourth-order valence-electron chi connectivity index (χ4n) is 3.33. The Bertz CT molecular complexity index is 623. The van der Waals surface area contributed by atoms with Crippen molar-refractivity contribution in [2.75, 3.05) is 0 Å². The van der Waals surface area contributed by atoms with Crippen LogP contribution in [0.25, 0.3) is 0 Å². The van der Waals surface area contributed by atoms with Crippen molar-refractivity contribution in [3.63, 3.8) is 0 Å². The fraction of sp³-hybridized carbons (Fsp3) is 0.667. The number of esters is 1. The molecule has 3 N–H and O–H groups in total. The summed E-state index contributed by atoms with van der Waals surface area (Å²) in [5.74, 6) is -8.08. The Morgan fingerprint density at radius 3 is 2.23 bits per heavy atom. The predicted octanol–water partition coefficient (Wildman–Crippen LogP) is 2.18. The van der Waals surface area contributed by atoms with Crippen molar-refractivity contribution in [3.8, 4) is 0 Å². The molecule has 0 aromatic heterocycles. The highest BCUT2D eigenvalue weighted by Gasteiger charge is 2.50. The van der Waals surface area contributed by atoms with Crippen LogP contribution in [0.4, 0.5) is 0 Å². The molecule has 0 aromatic rings. The maximum absolute atomic E-state index is 12.6. The van der Waals surface area contributed by atoms with Crippen LogP contribution in [0.5, 0.6) is 0 Å². The number of aliphatic carboxylic acids is 3. The largest absolute Gasteiger partial charge is 0.481 e. The van der Waals surface area contributed by atoms with Gasteiger partial charge in [0.15, 0.2) is 0 Å². The summed E-state index contributed by atoms with van der Waals surface area (Å²) in [6.45, 7) is 6.69. The molecule has 0 fully saturated rings. The molecule has 0 heterocycles. The SMILES string of the molecule is CCC(C)OC(=O)C(CC(=O)O)C1(C)CC(C(=O)O)C(C(=O)O)C=C1C. The summed E-state index contributed by atoms with van der Waals surface area (Å²) in [7, 11) is 0. The van der Waals surface area contributed by atoms with E-state index in [9.17, 15) is 34.5 Å². The molecule has 1 rings (SSSR count). The highest BCUT2D eigenvalue weighted by atomic mass is 16.5. The topological polar surface area (TPSA) is 138 Å². The molecule has 8 nitrogen and oxygen atoms in total. The number of carbonyl (C=O) groups is 4. The van der Waals surface area contributed by atoms with Gasteiger partial charge in [0.25, 0.3) is 0 Å². The first-order valence-corrected chi connectivity index (χ1v) is 8.50. The van der Waals surface area contributed by atoms with Gasteiger partial charge in [0.05, 0.1) is 30.3 Å². The van der Waals surface area contributed by atoms with Crippen LogP contribution >= 0.6 is 0 Å². The van der Waals surface area contributed by atoms with Gasteiger partial charge in [-0.2, -0.15) is 0 Å². The van der Waals surface area contributed by atoms with Gasteiger partial charge >= 0.3 is 23.9 Å². The van der Waals surface area contributed by atoms with Crippen molar-refractivity contribution in [2.24, 2.45) is 23.2 Å². The highest BCUT2D eigenvalue weighted by molar-refractivity contribution is 5.84. The maximum atomic E-state index is 12.6. The van der Waals surface area contributed by atoms with Gasteiger partial charge in [-0.25, -0.2) is 0 Å². The number of rotatable bonds is 8. The standard InChI is InChI=1S/C18H26O8/c1-5-10(3)26-17(25)13(7-14(19)20)18(4)8-12(16(23)24)11(15(21)22)6-9(18)2/h6,10-13H,5,7-8H2,1-4H3,(H,19,20)(H,21,22)(H,23,24). The first-order chi connectivity index (χ1) is 11.9. The van der Waals surface area contributed by atoms with Gasteiger partial charge in [0.1, 0.15) is 0 Å². The van der Waals surface area contributed by atoms with Crippen LogP contribution in [0.15, 0.2) is 11.6 Å². The molecule has 1 aliphatic rings. The number of ether oxygens (including phenoxy) is 1. The van der Waals surface area contributed by atoms with Crippen LogP contribution in [-0.4, -0.2) is 45.3 Å². The predicted molar refractivity (Wildman–Crippen MR) is 90.3 cm³/mol. The third-order valence-corrected chi connectivity index (χ3v) is 5.33. The van der Waals surface area contributed by atoms with Gasteiger partial charge in [0.2, 0.25) is 0 Å². The zero-order chi connectivity index (χ0) is 20.2. The minimum Gasteiger partial charge on any atom is -0.481 e. The summed E-state index contributed by atoms with van der Waals surface area (Å²) in [5.41, 5.74) is -0.646. The van der Waals surface area contributed by atoms with Crippen LogP contribution in [-0.2, 0) is 23.9 Å². The Labute approximate surface area is 151 Å². The van der Waals surface area contributed by atoms with E-state index < -0.39 is 59.6 Å². The van der Waals surface area contributed by atoms with Gasteiger partial charge in [-0.15, -0.1) is 0 Å². The first-order valence-electron chi connectivity index (χ1n) is 8.50. The zero-order valence-electron chi connectivity index (χ0n) is 15.4. The van der Waals surface area contributed by atoms with E-state index in [0.29, 0.717) is 12.0 Å². The van der Waals surface area contributed by atoms with Crippen molar-refractivity contribution in [1.29, 1.82) is 0 Å². The van der Waals surface area contributed by atoms with Gasteiger partial charge in [0, 0.05) is 5.41 Å². The summed E-state index contributed by atoms with van der Waals surface area (Å²) in [6.07, 6.45) is 0.777. The molecule has 0 radical (unpaired) electrons. The lowest BCUT2D eigenvalue weighted by molar-refractivity contribution is -0.164. The molecule has 0 aromatic carbocycles. The summed E-state index contributed by atoms with van der Waals surface area (Å²) in [4.78, 5) is 46.9. The molecule has 5 unspecified atom stereocenters. The molecular weight excluding hydrogens is 344 g/mol. The summed E-state index contributed by atoms with van der Waals surface area (Å²) < 4.78 is 5.31. The average Bonchev–Trinajstić information content (AvgIpc) is 2.53. The van der Waals surface area contributed by atoms with E-state index in [1.807, 2.05) is 6.92 Å². The second-order valence-corrected chi connectivity index (χ2v) is 7.09. The summed E-state index contributed by atoms with van der Waals surface area (Å²) in [6, 6.07) is 0. The van der Waals surface area contributed by atoms with Crippen molar-refractivity contribution in [1.82, 2.24) is 0 Å². The molecule has 0 aliphatic heterocycles. The Morgan fingerprint density at radius 2 is 1.81 bits per heavy atom. The van der Waals surface area contributed by atoms with E-state index in [0.717, 1.165) is 0 Å². The molecule has 0 saturated heterocycles. The van der Waals surface area contributed by atoms with Crippen LogP contribution in [0, 0.1) is 23.2 Å². The van der Waals surface area contributed by atoms with E-state index in [1.165, 1.54) is 6.08 Å². The number of allylic oxidation sites excluding steroid dienone is 1. The molecular formula is C18H26O8. The Kier molecular flexibility index (Phi) is 6.94. The van der Waals surface area contributed by atoms with E-state index in [4.69, 9.17) is 4.74 Å². The van der Waals surface area contributed by atoms with Gasteiger partial charge in [-0.1, -0.05) is 25.5 Å². The van der Waals surface area contributed by atoms with E-state index >= 15 is 0 Å². The average molecular weight is 370 g/mol. The van der Waals surface area contributed by atoms with Crippen molar-refractivity contribution >= 4 is 23.9 Å². The molecule has 5 atom stereocenters. The summed E-state index contributed by atoms with van der Waals surface area (Å²) >= 11 is 0. The minimum atomic E-state index is -1.29. The number of hydrogen-bond donors (Lipinski definition) is 3. The number of carboxylic acids is 3. The summed E-state index contributed by atoms with van der Waals surface area (Å²) in [5, 5.41) is 28.0. The van der Waals surface area contributed by atoms with Crippen molar-refractivity contribution < 1.29 is 39.2 Å². The molecule has 146 valence electrons. The zero-order valence-corrected chi connectivity index (χ0v) is 15.4. The lowest BCUT2D eigenvalue weighted by Gasteiger charge is -2.43. The van der Waals surface area contributed by atoms with Crippen LogP contribution < -0.4 is 0 Å². The smallest absolute Gasteiger partial charge is 0.311 e. The number of hydrogen-bond acceptors (Lipinski definition) is 5. The van der Waals surface area contributed by atoms with E-state index in [1.54, 1.807) is 20.8 Å². The minimum absolute atomic E-state index is 0.158. The molecule has 1 aliphatic carbocycles. The lowest BCUT2D eigenvalue weighted by atomic mass is 9.60. The normalized spacial score (nSPS) is 27.8. The molecule has 0 saturated carbocycles. The molecule has 8 heteroatoms.